The maximum absolute atomic E-state index is 9.37. The second-order valence-corrected chi connectivity index (χ2v) is 7.36. The lowest BCUT2D eigenvalue weighted by molar-refractivity contribution is 0.475. The van der Waals surface area contributed by atoms with Gasteiger partial charge in [0.2, 0.25) is 5.95 Å². The first-order valence-electron chi connectivity index (χ1n) is 10.2. The van der Waals surface area contributed by atoms with Gasteiger partial charge in [-0.1, -0.05) is 24.3 Å². The molecule has 1 aromatic heterocycles. The summed E-state index contributed by atoms with van der Waals surface area (Å²) >= 11 is 0. The number of anilines is 2. The van der Waals surface area contributed by atoms with Crippen molar-refractivity contribution in [2.24, 2.45) is 0 Å². The zero-order valence-corrected chi connectivity index (χ0v) is 16.4. The second kappa shape index (κ2) is 9.39. The standard InChI is InChI=1S/C23H27N5O/c29-21-6-4-17(5-7-21)8-14-25-23-26-15-11-22(28-23)18-2-1-3-20(16-18)27-19-9-12-24-13-10-19/h1-7,11,15-16,19,24,27,29H,8-10,12-14H2,(H,25,26,28). The first kappa shape index (κ1) is 19.2. The minimum absolute atomic E-state index is 0.287. The van der Waals surface area contributed by atoms with Gasteiger partial charge in [-0.05, 0) is 68.2 Å². The third-order valence-corrected chi connectivity index (χ3v) is 5.16. The molecule has 0 aliphatic carbocycles. The van der Waals surface area contributed by atoms with Gasteiger partial charge in [-0.3, -0.25) is 0 Å². The molecule has 1 aliphatic rings. The summed E-state index contributed by atoms with van der Waals surface area (Å²) < 4.78 is 0. The van der Waals surface area contributed by atoms with E-state index >= 15 is 0 Å². The quantitative estimate of drug-likeness (QED) is 0.494. The van der Waals surface area contributed by atoms with Gasteiger partial charge in [0, 0.05) is 30.0 Å². The molecule has 150 valence electrons. The highest BCUT2D eigenvalue weighted by molar-refractivity contribution is 5.65. The number of phenols is 1. The van der Waals surface area contributed by atoms with E-state index in [1.54, 1.807) is 18.3 Å². The SMILES string of the molecule is Oc1ccc(CCNc2nccc(-c3cccc(NC4CCNCC4)c3)n2)cc1. The van der Waals surface area contributed by atoms with E-state index in [0.717, 1.165) is 61.4 Å². The van der Waals surface area contributed by atoms with Crippen LogP contribution in [-0.2, 0) is 6.42 Å². The van der Waals surface area contributed by atoms with E-state index in [2.05, 4.69) is 50.2 Å². The Morgan fingerprint density at radius 3 is 2.69 bits per heavy atom. The fraction of sp³-hybridized carbons (Fsp3) is 0.304. The molecule has 4 N–H and O–H groups in total. The molecule has 4 rings (SSSR count). The molecule has 2 aromatic carbocycles. The molecule has 1 saturated heterocycles. The molecular formula is C23H27N5O. The van der Waals surface area contributed by atoms with Crippen LogP contribution in [0.2, 0.25) is 0 Å². The Morgan fingerprint density at radius 1 is 1.03 bits per heavy atom. The molecule has 29 heavy (non-hydrogen) atoms. The van der Waals surface area contributed by atoms with Crippen LogP contribution < -0.4 is 16.0 Å². The van der Waals surface area contributed by atoms with Crippen LogP contribution >= 0.6 is 0 Å². The third-order valence-electron chi connectivity index (χ3n) is 5.16. The summed E-state index contributed by atoms with van der Waals surface area (Å²) in [7, 11) is 0. The van der Waals surface area contributed by atoms with Crippen molar-refractivity contribution in [2.75, 3.05) is 30.3 Å². The molecule has 0 spiro atoms. The van der Waals surface area contributed by atoms with E-state index in [4.69, 9.17) is 0 Å². The maximum atomic E-state index is 9.37. The van der Waals surface area contributed by atoms with Crippen molar-refractivity contribution in [2.45, 2.75) is 25.3 Å². The monoisotopic (exact) mass is 389 g/mol. The van der Waals surface area contributed by atoms with Gasteiger partial charge in [0.05, 0.1) is 5.69 Å². The Kier molecular flexibility index (Phi) is 6.22. The van der Waals surface area contributed by atoms with E-state index in [-0.39, 0.29) is 5.75 Å². The molecule has 0 saturated carbocycles. The van der Waals surface area contributed by atoms with Gasteiger partial charge >= 0.3 is 0 Å². The van der Waals surface area contributed by atoms with E-state index in [1.807, 2.05) is 18.2 Å². The number of hydrogen-bond donors (Lipinski definition) is 4. The van der Waals surface area contributed by atoms with Crippen LogP contribution in [0.15, 0.2) is 60.8 Å². The van der Waals surface area contributed by atoms with Crippen LogP contribution in [0.25, 0.3) is 11.3 Å². The van der Waals surface area contributed by atoms with Crippen LogP contribution in [0.1, 0.15) is 18.4 Å². The van der Waals surface area contributed by atoms with Gasteiger partial charge in [-0.2, -0.15) is 0 Å². The summed E-state index contributed by atoms with van der Waals surface area (Å²) in [6.07, 6.45) is 4.92. The molecule has 0 unspecified atom stereocenters. The van der Waals surface area contributed by atoms with Crippen molar-refractivity contribution in [1.29, 1.82) is 0 Å². The average molecular weight is 390 g/mol. The molecule has 6 nitrogen and oxygen atoms in total. The fourth-order valence-electron chi connectivity index (χ4n) is 3.56. The number of hydrogen-bond acceptors (Lipinski definition) is 6. The number of piperidine rings is 1. The molecular weight excluding hydrogens is 362 g/mol. The summed E-state index contributed by atoms with van der Waals surface area (Å²) in [6.45, 7) is 2.87. The molecule has 1 aliphatic heterocycles. The number of benzene rings is 2. The summed E-state index contributed by atoms with van der Waals surface area (Å²) in [4.78, 5) is 9.02. The van der Waals surface area contributed by atoms with Gasteiger partial charge in [0.1, 0.15) is 5.75 Å². The Labute approximate surface area is 171 Å². The predicted molar refractivity (Wildman–Crippen MR) is 117 cm³/mol. The van der Waals surface area contributed by atoms with Crippen molar-refractivity contribution in [3.8, 4) is 17.0 Å². The van der Waals surface area contributed by atoms with Gasteiger partial charge in [0.15, 0.2) is 0 Å². The second-order valence-electron chi connectivity index (χ2n) is 7.36. The molecule has 2 heterocycles. The highest BCUT2D eigenvalue weighted by Gasteiger charge is 2.12. The molecule has 0 atom stereocenters. The van der Waals surface area contributed by atoms with E-state index in [0.29, 0.717) is 12.0 Å². The van der Waals surface area contributed by atoms with Crippen molar-refractivity contribution < 1.29 is 5.11 Å². The Balaban J connectivity index is 1.38. The zero-order valence-electron chi connectivity index (χ0n) is 16.4. The van der Waals surface area contributed by atoms with E-state index in [9.17, 15) is 5.11 Å². The number of rotatable bonds is 7. The van der Waals surface area contributed by atoms with Gasteiger partial charge < -0.3 is 21.1 Å². The summed E-state index contributed by atoms with van der Waals surface area (Å²) in [5, 5.41) is 19.7. The first-order valence-corrected chi connectivity index (χ1v) is 10.2. The Morgan fingerprint density at radius 2 is 1.86 bits per heavy atom. The first-order chi connectivity index (χ1) is 14.3. The number of aromatic hydroxyl groups is 1. The number of aromatic nitrogens is 2. The van der Waals surface area contributed by atoms with Gasteiger partial charge in [0.25, 0.3) is 0 Å². The van der Waals surface area contributed by atoms with Crippen LogP contribution in [0.4, 0.5) is 11.6 Å². The van der Waals surface area contributed by atoms with Crippen molar-refractivity contribution in [3.05, 3.63) is 66.4 Å². The maximum Gasteiger partial charge on any atom is 0.223 e. The highest BCUT2D eigenvalue weighted by Crippen LogP contribution is 2.23. The highest BCUT2D eigenvalue weighted by atomic mass is 16.3. The van der Waals surface area contributed by atoms with E-state index < -0.39 is 0 Å². The van der Waals surface area contributed by atoms with Crippen molar-refractivity contribution in [1.82, 2.24) is 15.3 Å². The molecule has 0 radical (unpaired) electrons. The molecule has 1 fully saturated rings. The lowest BCUT2D eigenvalue weighted by Gasteiger charge is -2.24. The van der Waals surface area contributed by atoms with Crippen LogP contribution in [0.5, 0.6) is 5.75 Å². The van der Waals surface area contributed by atoms with E-state index in [1.165, 1.54) is 0 Å². The molecule has 0 bridgehead atoms. The van der Waals surface area contributed by atoms with Gasteiger partial charge in [-0.25, -0.2) is 9.97 Å². The Bertz CT molecular complexity index is 923. The summed E-state index contributed by atoms with van der Waals surface area (Å²) in [6, 6.07) is 18.1. The fourth-order valence-corrected chi connectivity index (χ4v) is 3.56. The smallest absolute Gasteiger partial charge is 0.223 e. The molecule has 3 aromatic rings. The van der Waals surface area contributed by atoms with Crippen LogP contribution in [0.3, 0.4) is 0 Å². The largest absolute Gasteiger partial charge is 0.508 e. The summed E-state index contributed by atoms with van der Waals surface area (Å²) in [5.74, 6) is 0.910. The lowest BCUT2D eigenvalue weighted by Crippen LogP contribution is -2.35. The normalized spacial score (nSPS) is 14.5. The van der Waals surface area contributed by atoms with Crippen molar-refractivity contribution >= 4 is 11.6 Å². The number of nitrogens with zero attached hydrogens (tertiary/aromatic N) is 2. The zero-order chi connectivity index (χ0) is 19.9. The summed E-state index contributed by atoms with van der Waals surface area (Å²) in [5.41, 5.74) is 4.27. The minimum atomic E-state index is 0.287. The van der Waals surface area contributed by atoms with Gasteiger partial charge in [-0.15, -0.1) is 0 Å². The lowest BCUT2D eigenvalue weighted by atomic mass is 10.1. The number of nitrogens with one attached hydrogen (secondary N) is 3. The third kappa shape index (κ3) is 5.45. The number of phenolic OH excluding ortho intramolecular Hbond substituents is 1. The van der Waals surface area contributed by atoms with Crippen molar-refractivity contribution in [3.63, 3.8) is 0 Å². The average Bonchev–Trinajstić information content (AvgIpc) is 2.76. The molecule has 0 amide bonds. The van der Waals surface area contributed by atoms with Crippen LogP contribution in [-0.4, -0.2) is 40.8 Å². The minimum Gasteiger partial charge on any atom is -0.508 e. The van der Waals surface area contributed by atoms with Crippen LogP contribution in [0, 0.1) is 0 Å². The molecule has 6 heteroatoms. The Hall–Kier alpha value is -3.12. The topological polar surface area (TPSA) is 82.1 Å². The predicted octanol–water partition coefficient (Wildman–Crippen LogP) is 3.67.